The lowest BCUT2D eigenvalue weighted by molar-refractivity contribution is -0.140. The number of aromatic nitrogens is 4. The number of hydrogen-bond donors (Lipinski definition) is 2. The van der Waals surface area contributed by atoms with Gasteiger partial charge in [-0.05, 0) is 42.2 Å². The summed E-state index contributed by atoms with van der Waals surface area (Å²) in [6, 6.07) is 15.7. The number of carbonyl (C=O) groups is 3. The Morgan fingerprint density at radius 3 is 2.61 bits per heavy atom. The van der Waals surface area contributed by atoms with Gasteiger partial charge in [0.1, 0.15) is 18.8 Å². The highest BCUT2D eigenvalue weighted by Crippen LogP contribution is 2.28. The van der Waals surface area contributed by atoms with Crippen molar-refractivity contribution < 1.29 is 23.5 Å². The fourth-order valence-corrected chi connectivity index (χ4v) is 6.17. The molecule has 1 saturated heterocycles. The largest absolute Gasteiger partial charge is 0.371 e. The van der Waals surface area contributed by atoms with E-state index in [-0.39, 0.29) is 37.4 Å². The third-order valence-corrected chi connectivity index (χ3v) is 8.40. The Kier molecular flexibility index (Phi) is 8.60. The number of nitrogens with two attached hydrogens (primary N) is 1. The maximum atomic E-state index is 14.7. The molecular formula is C32H34FN7O4. The molecule has 3 heterocycles. The lowest BCUT2D eigenvalue weighted by atomic mass is 9.92. The lowest BCUT2D eigenvalue weighted by Gasteiger charge is -2.34. The summed E-state index contributed by atoms with van der Waals surface area (Å²) in [5, 5.41) is 15.6. The first-order chi connectivity index (χ1) is 21.4. The average Bonchev–Trinajstić information content (AvgIpc) is 3.62. The molecule has 0 spiro atoms. The highest BCUT2D eigenvalue weighted by molar-refractivity contribution is 6.05. The van der Waals surface area contributed by atoms with Gasteiger partial charge >= 0.3 is 0 Å². The van der Waals surface area contributed by atoms with E-state index in [0.717, 1.165) is 42.4 Å². The van der Waals surface area contributed by atoms with E-state index in [9.17, 15) is 18.8 Å². The number of primary amides is 1. The minimum atomic E-state index is -1.33. The minimum Gasteiger partial charge on any atom is -0.371 e. The molecule has 11 nitrogen and oxygen atoms in total. The predicted octanol–water partition coefficient (Wildman–Crippen LogP) is 3.18. The highest BCUT2D eigenvalue weighted by atomic mass is 19.1. The van der Waals surface area contributed by atoms with E-state index in [1.54, 1.807) is 30.6 Å². The van der Waals surface area contributed by atoms with Crippen molar-refractivity contribution in [3.8, 4) is 11.1 Å². The van der Waals surface area contributed by atoms with Crippen LogP contribution >= 0.6 is 0 Å². The molecule has 3 N–H and O–H groups in total. The third-order valence-electron chi connectivity index (χ3n) is 8.40. The topological polar surface area (TPSA) is 145 Å². The van der Waals surface area contributed by atoms with Gasteiger partial charge in [0.25, 0.3) is 5.91 Å². The molecule has 1 aliphatic heterocycles. The van der Waals surface area contributed by atoms with Gasteiger partial charge in [0, 0.05) is 17.4 Å². The first kappa shape index (κ1) is 29.4. The summed E-state index contributed by atoms with van der Waals surface area (Å²) in [7, 11) is 0. The van der Waals surface area contributed by atoms with Crippen LogP contribution in [0.1, 0.15) is 48.2 Å². The smallest absolute Gasteiger partial charge is 0.269 e. The second kappa shape index (κ2) is 12.9. The number of nitrogens with one attached hydrogen (secondary N) is 1. The number of carbonyl (C=O) groups excluding carboxylic acids is 3. The fraction of sp³-hybridized carbons (Fsp3) is 0.375. The Bertz CT molecular complexity index is 1650. The van der Waals surface area contributed by atoms with E-state index in [1.807, 2.05) is 36.4 Å². The van der Waals surface area contributed by atoms with Crippen molar-refractivity contribution in [2.75, 3.05) is 6.54 Å². The van der Waals surface area contributed by atoms with Crippen molar-refractivity contribution in [1.29, 1.82) is 0 Å². The Morgan fingerprint density at radius 2 is 1.84 bits per heavy atom. The van der Waals surface area contributed by atoms with E-state index in [0.29, 0.717) is 17.5 Å². The summed E-state index contributed by atoms with van der Waals surface area (Å²) < 4.78 is 22.3. The zero-order valence-electron chi connectivity index (χ0n) is 24.1. The fourth-order valence-electron chi connectivity index (χ4n) is 6.17. The molecule has 228 valence electrons. The number of ether oxygens (including phenoxy) is 1. The van der Waals surface area contributed by atoms with Crippen LogP contribution in [0.2, 0.25) is 0 Å². The zero-order valence-corrected chi connectivity index (χ0v) is 24.1. The molecule has 3 amide bonds. The maximum Gasteiger partial charge on any atom is 0.269 e. The van der Waals surface area contributed by atoms with Crippen LogP contribution in [-0.2, 0) is 27.5 Å². The molecule has 2 aromatic heterocycles. The molecule has 1 aliphatic carbocycles. The third kappa shape index (κ3) is 6.30. The summed E-state index contributed by atoms with van der Waals surface area (Å²) in [4.78, 5) is 40.6. The van der Waals surface area contributed by atoms with Crippen LogP contribution in [0, 0.1) is 0 Å². The number of nitrogens with zero attached hydrogens (tertiary/aromatic N) is 5. The Labute approximate surface area is 253 Å². The van der Waals surface area contributed by atoms with Gasteiger partial charge in [0.15, 0.2) is 5.69 Å². The van der Waals surface area contributed by atoms with Crippen LogP contribution in [0.3, 0.4) is 0 Å². The van der Waals surface area contributed by atoms with E-state index < -0.39 is 29.9 Å². The molecular weight excluding hydrogens is 565 g/mol. The number of likely N-dealkylation sites (tertiary alicyclic amines) is 1. The van der Waals surface area contributed by atoms with Gasteiger partial charge in [-0.2, -0.15) is 15.3 Å². The Hall–Kier alpha value is -4.71. The molecule has 1 saturated carbocycles. The maximum absolute atomic E-state index is 14.7. The van der Waals surface area contributed by atoms with Crippen LogP contribution in [0.25, 0.3) is 22.0 Å². The number of amides is 3. The summed E-state index contributed by atoms with van der Waals surface area (Å²) in [5.41, 5.74) is 8.74. The van der Waals surface area contributed by atoms with Crippen molar-refractivity contribution in [2.24, 2.45) is 5.73 Å². The lowest BCUT2D eigenvalue weighted by Crippen LogP contribution is -2.53. The first-order valence-corrected chi connectivity index (χ1v) is 14.8. The number of rotatable bonds is 9. The van der Waals surface area contributed by atoms with Crippen LogP contribution in [-0.4, -0.2) is 73.5 Å². The van der Waals surface area contributed by atoms with E-state index in [2.05, 4.69) is 20.6 Å². The molecule has 4 unspecified atom stereocenters. The molecule has 0 bridgehead atoms. The van der Waals surface area contributed by atoms with Crippen LogP contribution in [0.5, 0.6) is 0 Å². The van der Waals surface area contributed by atoms with E-state index >= 15 is 0 Å². The van der Waals surface area contributed by atoms with Gasteiger partial charge < -0.3 is 20.7 Å². The summed E-state index contributed by atoms with van der Waals surface area (Å²) in [5.74, 6) is -1.61. The van der Waals surface area contributed by atoms with Crippen LogP contribution < -0.4 is 11.1 Å². The number of benzene rings is 2. The van der Waals surface area contributed by atoms with Gasteiger partial charge in [-0.3, -0.25) is 19.1 Å². The minimum absolute atomic E-state index is 0.00888. The second-order valence-electron chi connectivity index (χ2n) is 11.4. The van der Waals surface area contributed by atoms with Gasteiger partial charge in [-0.1, -0.05) is 49.2 Å². The molecule has 2 aromatic carbocycles. The molecule has 2 aliphatic rings. The molecule has 44 heavy (non-hydrogen) atoms. The van der Waals surface area contributed by atoms with E-state index in [4.69, 9.17) is 10.5 Å². The monoisotopic (exact) mass is 599 g/mol. The summed E-state index contributed by atoms with van der Waals surface area (Å²) in [6.07, 6.45) is 5.06. The van der Waals surface area contributed by atoms with Gasteiger partial charge in [-0.25, -0.2) is 4.39 Å². The molecule has 2 fully saturated rings. The van der Waals surface area contributed by atoms with Crippen molar-refractivity contribution >= 4 is 28.6 Å². The highest BCUT2D eigenvalue weighted by Gasteiger charge is 2.41. The summed E-state index contributed by atoms with van der Waals surface area (Å²) >= 11 is 0. The predicted molar refractivity (Wildman–Crippen MR) is 160 cm³/mol. The molecule has 4 atom stereocenters. The van der Waals surface area contributed by atoms with Crippen molar-refractivity contribution in [3.05, 3.63) is 78.2 Å². The van der Waals surface area contributed by atoms with Gasteiger partial charge in [0.05, 0.1) is 43.2 Å². The average molecular weight is 600 g/mol. The molecule has 4 aromatic rings. The van der Waals surface area contributed by atoms with Gasteiger partial charge in [0.2, 0.25) is 11.8 Å². The second-order valence-corrected chi connectivity index (χ2v) is 11.4. The van der Waals surface area contributed by atoms with Gasteiger partial charge in [-0.15, -0.1) is 0 Å². The summed E-state index contributed by atoms with van der Waals surface area (Å²) in [6.45, 7) is -0.0518. The SMILES string of the molecule is NC(=O)c1nn(CC(=O)N2CC(F)CC2C(=O)NC2CCCCC2OCc2ccccc2)c2ccc(-c3ccnnc3)cc12. The van der Waals surface area contributed by atoms with Crippen LogP contribution in [0.4, 0.5) is 4.39 Å². The first-order valence-electron chi connectivity index (χ1n) is 14.8. The normalized spacial score (nSPS) is 21.8. The van der Waals surface area contributed by atoms with Crippen LogP contribution in [0.15, 0.2) is 67.0 Å². The molecule has 12 heteroatoms. The number of hydrogen-bond acceptors (Lipinski definition) is 7. The van der Waals surface area contributed by atoms with E-state index in [1.165, 1.54) is 9.58 Å². The molecule has 0 radical (unpaired) electrons. The number of fused-ring (bicyclic) bond motifs is 1. The quantitative estimate of drug-likeness (QED) is 0.301. The van der Waals surface area contributed by atoms with Crippen molar-refractivity contribution in [2.45, 2.75) is 69.6 Å². The van der Waals surface area contributed by atoms with Crippen molar-refractivity contribution in [3.63, 3.8) is 0 Å². The Balaban J connectivity index is 1.17. The zero-order chi connectivity index (χ0) is 30.6. The van der Waals surface area contributed by atoms with Crippen molar-refractivity contribution in [1.82, 2.24) is 30.2 Å². The Morgan fingerprint density at radius 1 is 1.02 bits per heavy atom. The number of halogens is 1. The molecule has 6 rings (SSSR count). The standard InChI is InChI=1S/C32H34FN7O4/c33-23-15-27(32(43)37-25-8-4-5-9-28(25)44-19-20-6-2-1-3-7-20)39(17-23)29(41)18-40-26-11-10-21(22-12-13-35-36-16-22)14-24(26)30(38-40)31(34)42/h1-3,6-7,10-14,16,23,25,27-28H,4-5,8-9,15,17-19H2,(H2,34,42)(H,37,43). The number of alkyl halides is 1.